The molecule has 3 rings (SSSR count). The van der Waals surface area contributed by atoms with Crippen LogP contribution in [0.2, 0.25) is 0 Å². The van der Waals surface area contributed by atoms with E-state index >= 15 is 0 Å². The molecule has 0 amide bonds. The summed E-state index contributed by atoms with van der Waals surface area (Å²) < 4.78 is 27.0. The summed E-state index contributed by atoms with van der Waals surface area (Å²) in [5.41, 5.74) is 0. The largest absolute Gasteiger partial charge is 0.394 e. The van der Waals surface area contributed by atoms with Crippen molar-refractivity contribution in [1.82, 2.24) is 0 Å². The van der Waals surface area contributed by atoms with Crippen LogP contribution in [0.5, 0.6) is 0 Å². The molecule has 3 fully saturated rings. The molecule has 0 radical (unpaired) electrons. The molecule has 0 bridgehead atoms. The number of hydrogen-bond donors (Lipinski definition) is 9. The molecule has 0 aromatic rings. The monoisotopic (exact) mass is 472 g/mol. The highest BCUT2D eigenvalue weighted by molar-refractivity contribution is 4.95. The van der Waals surface area contributed by atoms with Crippen molar-refractivity contribution in [2.24, 2.45) is 0 Å². The third kappa shape index (κ3) is 4.94. The van der Waals surface area contributed by atoms with Crippen LogP contribution in [0.15, 0.2) is 0 Å². The highest BCUT2D eigenvalue weighted by Crippen LogP contribution is 2.32. The van der Waals surface area contributed by atoms with Crippen LogP contribution < -0.4 is 0 Å². The highest BCUT2D eigenvalue weighted by atomic mass is 16.8. The second kappa shape index (κ2) is 10.4. The minimum absolute atomic E-state index is 0.721. The molecule has 3 aliphatic rings. The maximum Gasteiger partial charge on any atom is 0.187 e. The first-order valence-corrected chi connectivity index (χ1v) is 10.3. The maximum atomic E-state index is 10.6. The molecular weight excluding hydrogens is 440 g/mol. The minimum atomic E-state index is -1.83. The van der Waals surface area contributed by atoms with Crippen molar-refractivity contribution in [2.45, 2.75) is 106 Å². The summed E-state index contributed by atoms with van der Waals surface area (Å²) in [6, 6.07) is 0. The van der Waals surface area contributed by atoms with Crippen LogP contribution in [0.25, 0.3) is 0 Å². The summed E-state index contributed by atoms with van der Waals surface area (Å²) in [6.45, 7) is 2.10. The van der Waals surface area contributed by atoms with E-state index < -0.39 is 98.7 Å². The van der Waals surface area contributed by atoms with E-state index in [4.69, 9.17) is 23.7 Å². The van der Waals surface area contributed by atoms with E-state index in [1.165, 1.54) is 13.8 Å². The first kappa shape index (κ1) is 26.1. The van der Waals surface area contributed by atoms with Gasteiger partial charge in [-0.25, -0.2) is 0 Å². The van der Waals surface area contributed by atoms with Gasteiger partial charge in [0.25, 0.3) is 0 Å². The molecule has 9 N–H and O–H groups in total. The Bertz CT molecular complexity index is 610. The fourth-order valence-corrected chi connectivity index (χ4v) is 3.92. The molecule has 0 aliphatic carbocycles. The van der Waals surface area contributed by atoms with Gasteiger partial charge in [-0.2, -0.15) is 0 Å². The topological polar surface area (TPSA) is 228 Å². The van der Waals surface area contributed by atoms with Gasteiger partial charge in [-0.3, -0.25) is 0 Å². The number of aliphatic hydroxyl groups excluding tert-OH is 9. The first-order valence-electron chi connectivity index (χ1n) is 10.3. The predicted octanol–water partition coefficient (Wildman–Crippen LogP) is -5.52. The molecule has 0 saturated carbocycles. The average molecular weight is 472 g/mol. The molecule has 0 aromatic heterocycles. The van der Waals surface area contributed by atoms with Crippen molar-refractivity contribution in [3.63, 3.8) is 0 Å². The van der Waals surface area contributed by atoms with Crippen molar-refractivity contribution in [3.8, 4) is 0 Å². The lowest BCUT2D eigenvalue weighted by Gasteiger charge is -2.48. The van der Waals surface area contributed by atoms with Gasteiger partial charge in [0, 0.05) is 0 Å². The van der Waals surface area contributed by atoms with E-state index in [0.717, 1.165) is 0 Å². The van der Waals surface area contributed by atoms with Gasteiger partial charge in [-0.1, -0.05) is 0 Å². The average Bonchev–Trinajstić information content (AvgIpc) is 2.76. The molecule has 3 aliphatic heterocycles. The third-order valence-corrected chi connectivity index (χ3v) is 6.02. The number of aliphatic hydroxyl groups is 9. The molecule has 3 saturated heterocycles. The Morgan fingerprint density at radius 3 is 1.44 bits per heavy atom. The summed E-state index contributed by atoms with van der Waals surface area (Å²) in [5.74, 6) is 0. The highest BCUT2D eigenvalue weighted by Gasteiger charge is 2.53. The third-order valence-electron chi connectivity index (χ3n) is 6.02. The van der Waals surface area contributed by atoms with Gasteiger partial charge in [-0.15, -0.1) is 0 Å². The van der Waals surface area contributed by atoms with E-state index in [1.54, 1.807) is 0 Å². The first-order chi connectivity index (χ1) is 15.0. The fraction of sp³-hybridized carbons (Fsp3) is 1.00. The Morgan fingerprint density at radius 2 is 1.00 bits per heavy atom. The molecule has 15 atom stereocenters. The Morgan fingerprint density at radius 1 is 0.562 bits per heavy atom. The molecule has 14 nitrogen and oxygen atoms in total. The lowest BCUT2D eigenvalue weighted by Crippen LogP contribution is -2.66. The molecule has 188 valence electrons. The molecular formula is C18H32O14. The van der Waals surface area contributed by atoms with Crippen LogP contribution >= 0.6 is 0 Å². The van der Waals surface area contributed by atoms with Crippen molar-refractivity contribution in [2.75, 3.05) is 6.61 Å². The summed E-state index contributed by atoms with van der Waals surface area (Å²) in [7, 11) is 0. The summed E-state index contributed by atoms with van der Waals surface area (Å²) in [4.78, 5) is 0. The summed E-state index contributed by atoms with van der Waals surface area (Å²) in [6.07, 6.45) is -22.6. The van der Waals surface area contributed by atoms with E-state index in [1.807, 2.05) is 0 Å². The zero-order valence-corrected chi connectivity index (χ0v) is 17.4. The van der Waals surface area contributed by atoms with Gasteiger partial charge in [0.2, 0.25) is 0 Å². The van der Waals surface area contributed by atoms with E-state index in [9.17, 15) is 46.0 Å². The number of rotatable bonds is 5. The van der Waals surface area contributed by atoms with Gasteiger partial charge >= 0.3 is 0 Å². The van der Waals surface area contributed by atoms with Crippen LogP contribution in [-0.2, 0) is 23.7 Å². The number of hydrogen-bond acceptors (Lipinski definition) is 14. The Labute approximate surface area is 183 Å². The van der Waals surface area contributed by atoms with E-state index in [2.05, 4.69) is 0 Å². The molecule has 0 spiro atoms. The van der Waals surface area contributed by atoms with Crippen LogP contribution in [0.1, 0.15) is 13.8 Å². The maximum absolute atomic E-state index is 10.6. The fourth-order valence-electron chi connectivity index (χ4n) is 3.92. The Kier molecular flexibility index (Phi) is 8.44. The summed E-state index contributed by atoms with van der Waals surface area (Å²) >= 11 is 0. The van der Waals surface area contributed by atoms with Crippen molar-refractivity contribution >= 4 is 0 Å². The zero-order valence-electron chi connectivity index (χ0n) is 17.4. The molecule has 14 heteroatoms. The van der Waals surface area contributed by atoms with Gasteiger partial charge in [0.1, 0.15) is 61.0 Å². The smallest absolute Gasteiger partial charge is 0.187 e. The lowest BCUT2D eigenvalue weighted by atomic mass is 9.96. The van der Waals surface area contributed by atoms with E-state index in [0.29, 0.717) is 0 Å². The standard InChI is InChI=1S/C18H32O14/c1-4-7(20)10(23)12(25)17(28-4)31-14-9(22)6(3-19)30-16(27)15(14)32-18-13(26)11(24)8(21)5(2)29-18/h4-27H,3H2,1-2H3/t4-,5+,6-,7+,8-,9+,10+,11-,12-,13+,14+,15-,16-,17-,18+/m1/s1. The molecule has 3 heterocycles. The van der Waals surface area contributed by atoms with Crippen LogP contribution in [0.4, 0.5) is 0 Å². The quantitative estimate of drug-likeness (QED) is 0.182. The van der Waals surface area contributed by atoms with Crippen LogP contribution in [-0.4, -0.2) is 145 Å². The summed E-state index contributed by atoms with van der Waals surface area (Å²) in [5, 5.41) is 90.6. The minimum Gasteiger partial charge on any atom is -0.394 e. The number of ether oxygens (including phenoxy) is 5. The zero-order chi connectivity index (χ0) is 23.9. The Balaban J connectivity index is 1.81. The lowest BCUT2D eigenvalue weighted by molar-refractivity contribution is -0.385. The molecule has 32 heavy (non-hydrogen) atoms. The second-order valence-electron chi connectivity index (χ2n) is 8.30. The van der Waals surface area contributed by atoms with Gasteiger partial charge in [0.15, 0.2) is 18.9 Å². The second-order valence-corrected chi connectivity index (χ2v) is 8.30. The SMILES string of the molecule is C[C@@H]1O[C@@H](O[C@@H]2[C@@H](O[C@H]3O[C@H](C)[C@H](O)[C@H](O)[C@H]3O)[C@@H](O)[C@@H](CO)O[C@H]2O)[C@@H](O)[C@H](O)[C@@H]1O. The van der Waals surface area contributed by atoms with E-state index in [-0.39, 0.29) is 0 Å². The van der Waals surface area contributed by atoms with Gasteiger partial charge in [-0.05, 0) is 13.8 Å². The van der Waals surface area contributed by atoms with Gasteiger partial charge in [0.05, 0.1) is 18.8 Å². The predicted molar refractivity (Wildman–Crippen MR) is 98.4 cm³/mol. The molecule has 0 aromatic carbocycles. The van der Waals surface area contributed by atoms with Crippen molar-refractivity contribution in [1.29, 1.82) is 0 Å². The molecule has 0 unspecified atom stereocenters. The Hall–Kier alpha value is -0.560. The van der Waals surface area contributed by atoms with Gasteiger partial charge < -0.3 is 69.6 Å². The normalized spacial score (nSPS) is 55.0. The van der Waals surface area contributed by atoms with Crippen LogP contribution in [0, 0.1) is 0 Å². The van der Waals surface area contributed by atoms with Crippen molar-refractivity contribution in [3.05, 3.63) is 0 Å². The van der Waals surface area contributed by atoms with Crippen molar-refractivity contribution < 1.29 is 69.6 Å². The van der Waals surface area contributed by atoms with Crippen LogP contribution in [0.3, 0.4) is 0 Å².